The first kappa shape index (κ1) is 15.6. The first-order chi connectivity index (χ1) is 12.6. The molecule has 0 saturated carbocycles. The summed E-state index contributed by atoms with van der Waals surface area (Å²) < 4.78 is 16.9. The molecule has 0 N–H and O–H groups in total. The Kier molecular flexibility index (Phi) is 3.27. The monoisotopic (exact) mass is 408 g/mol. The summed E-state index contributed by atoms with van der Waals surface area (Å²) in [4.78, 5) is 17.5. The van der Waals surface area contributed by atoms with Crippen LogP contribution in [0.15, 0.2) is 59.5 Å². The van der Waals surface area contributed by atoms with Crippen LogP contribution in [0, 0.1) is 0 Å². The Hall–Kier alpha value is -2.62. The van der Waals surface area contributed by atoms with E-state index in [2.05, 4.69) is 31.0 Å². The molecular weight excluding hydrogens is 391 g/mol. The van der Waals surface area contributed by atoms with Gasteiger partial charge < -0.3 is 0 Å². The van der Waals surface area contributed by atoms with Crippen LogP contribution in [0.25, 0.3) is 27.6 Å². The van der Waals surface area contributed by atoms with Crippen molar-refractivity contribution in [3.05, 3.63) is 70.5 Å². The molecule has 0 spiro atoms. The first-order valence-corrected chi connectivity index (χ1v) is 11.0. The van der Waals surface area contributed by atoms with Crippen molar-refractivity contribution in [3.63, 3.8) is 0 Å². The third-order valence-corrected chi connectivity index (χ3v) is 8.09. The van der Waals surface area contributed by atoms with E-state index in [9.17, 15) is 8.63 Å². The number of benzene rings is 2. The summed E-state index contributed by atoms with van der Waals surface area (Å²) in [6.45, 7) is 4.28. The molecule has 0 bridgehead atoms. The van der Waals surface area contributed by atoms with Crippen molar-refractivity contribution in [2.24, 2.45) is 0 Å². The molecule has 0 saturated heterocycles. The van der Waals surface area contributed by atoms with Crippen LogP contribution in [0.5, 0.6) is 0 Å². The van der Waals surface area contributed by atoms with E-state index in [-0.39, 0.29) is 5.43 Å². The number of fused-ring (bicyclic) bond motifs is 4. The molecule has 0 aliphatic carbocycles. The van der Waals surface area contributed by atoms with E-state index in [1.54, 1.807) is 12.3 Å². The summed E-state index contributed by atoms with van der Waals surface area (Å²) >= 11 is -2.44. The molecule has 1 unspecified atom stereocenters. The average molecular weight is 407 g/mol. The van der Waals surface area contributed by atoms with Gasteiger partial charge in [-0.2, -0.15) is 0 Å². The first-order valence-electron chi connectivity index (χ1n) is 8.56. The Morgan fingerprint density at radius 3 is 2.62 bits per heavy atom. The summed E-state index contributed by atoms with van der Waals surface area (Å²) in [5.41, 5.74) is 3.39. The maximum atomic E-state index is 13.3. The van der Waals surface area contributed by atoms with E-state index in [4.69, 9.17) is 0 Å². The second-order valence-corrected chi connectivity index (χ2v) is 9.82. The van der Waals surface area contributed by atoms with Gasteiger partial charge in [0, 0.05) is 0 Å². The van der Waals surface area contributed by atoms with Crippen molar-refractivity contribution >= 4 is 44.7 Å². The van der Waals surface area contributed by atoms with Crippen LogP contribution in [-0.2, 0) is 3.83 Å². The summed E-state index contributed by atoms with van der Waals surface area (Å²) in [5, 5.41) is 1.19. The SMILES string of the molecule is CC(C)c1ccc2c(c1)-n1c3ncccc3c(=O)c3cccc(c31)[Se]2=O. The second kappa shape index (κ2) is 5.44. The van der Waals surface area contributed by atoms with Gasteiger partial charge in [-0.15, -0.1) is 0 Å². The number of pyridine rings is 2. The van der Waals surface area contributed by atoms with Crippen LogP contribution in [0.3, 0.4) is 0 Å². The maximum absolute atomic E-state index is 13.3. The molecular formula is C21H16N2O2Se. The molecule has 1 aliphatic rings. The predicted octanol–water partition coefficient (Wildman–Crippen LogP) is 2.51. The molecule has 5 heteroatoms. The fourth-order valence-corrected chi connectivity index (χ4v) is 6.49. The Labute approximate surface area is 154 Å². The second-order valence-electron chi connectivity index (χ2n) is 6.84. The van der Waals surface area contributed by atoms with Gasteiger partial charge in [0.15, 0.2) is 0 Å². The Morgan fingerprint density at radius 1 is 1.00 bits per heavy atom. The average Bonchev–Trinajstić information content (AvgIpc) is 2.67. The van der Waals surface area contributed by atoms with Crippen LogP contribution < -0.4 is 14.4 Å². The van der Waals surface area contributed by atoms with Crippen molar-refractivity contribution in [2.45, 2.75) is 19.8 Å². The van der Waals surface area contributed by atoms with E-state index < -0.39 is 13.8 Å². The molecule has 26 heavy (non-hydrogen) atoms. The van der Waals surface area contributed by atoms with E-state index in [0.29, 0.717) is 22.3 Å². The summed E-state index contributed by atoms with van der Waals surface area (Å²) in [6.07, 6.45) is 1.70. The number of nitrogens with zero attached hydrogens (tertiary/aromatic N) is 2. The standard InChI is InChI=1S/C21H16N2O2Se/c1-12(2)13-8-9-17-16(11-13)23-19-14(5-3-7-18(19)26(17)25)20(24)15-6-4-10-22-21(15)23/h3-12H,1-2H3. The van der Waals surface area contributed by atoms with Crippen molar-refractivity contribution < 1.29 is 3.83 Å². The minimum absolute atomic E-state index is 0.0523. The number of hydrogen-bond acceptors (Lipinski definition) is 3. The molecule has 0 radical (unpaired) electrons. The zero-order valence-corrected chi connectivity index (χ0v) is 16.1. The fraction of sp³-hybridized carbons (Fsp3) is 0.143. The Morgan fingerprint density at radius 2 is 1.81 bits per heavy atom. The third-order valence-electron chi connectivity index (χ3n) is 5.00. The minimum atomic E-state index is -2.44. The zero-order valence-electron chi connectivity index (χ0n) is 14.4. The normalized spacial score (nSPS) is 15.6. The van der Waals surface area contributed by atoms with Gasteiger partial charge in [0.25, 0.3) is 0 Å². The molecule has 1 atom stereocenters. The number of hydrogen-bond donors (Lipinski definition) is 0. The van der Waals surface area contributed by atoms with E-state index in [1.807, 2.05) is 34.9 Å². The number of aromatic nitrogens is 2. The van der Waals surface area contributed by atoms with Gasteiger partial charge in [-0.1, -0.05) is 0 Å². The number of para-hydroxylation sites is 1. The van der Waals surface area contributed by atoms with Gasteiger partial charge in [0.1, 0.15) is 0 Å². The summed E-state index contributed by atoms with van der Waals surface area (Å²) in [5.74, 6) is 0.358. The van der Waals surface area contributed by atoms with Crippen molar-refractivity contribution in [1.82, 2.24) is 9.55 Å². The Bertz CT molecular complexity index is 1300. The van der Waals surface area contributed by atoms with Gasteiger partial charge >= 0.3 is 154 Å². The van der Waals surface area contributed by atoms with Gasteiger partial charge in [-0.3, -0.25) is 0 Å². The number of rotatable bonds is 1. The van der Waals surface area contributed by atoms with Gasteiger partial charge in [-0.25, -0.2) is 0 Å². The summed E-state index contributed by atoms with van der Waals surface area (Å²) in [6, 6.07) is 15.3. The molecule has 2 aromatic heterocycles. The van der Waals surface area contributed by atoms with E-state index in [1.165, 1.54) is 5.56 Å². The molecule has 4 nitrogen and oxygen atoms in total. The van der Waals surface area contributed by atoms with Crippen LogP contribution >= 0.6 is 0 Å². The summed E-state index contributed by atoms with van der Waals surface area (Å²) in [7, 11) is 0. The molecule has 5 rings (SSSR count). The van der Waals surface area contributed by atoms with E-state index >= 15 is 0 Å². The molecule has 2 aromatic carbocycles. The van der Waals surface area contributed by atoms with Crippen LogP contribution in [0.4, 0.5) is 0 Å². The predicted molar refractivity (Wildman–Crippen MR) is 105 cm³/mol. The fourth-order valence-electron chi connectivity index (χ4n) is 3.67. The van der Waals surface area contributed by atoms with Crippen molar-refractivity contribution in [3.8, 4) is 5.69 Å². The third kappa shape index (κ3) is 1.96. The zero-order chi connectivity index (χ0) is 18.0. The molecule has 128 valence electrons. The van der Waals surface area contributed by atoms with Crippen LogP contribution in [0.2, 0.25) is 0 Å². The molecule has 0 fully saturated rings. The van der Waals surface area contributed by atoms with Gasteiger partial charge in [0.05, 0.1) is 0 Å². The van der Waals surface area contributed by atoms with Crippen molar-refractivity contribution in [1.29, 1.82) is 0 Å². The van der Waals surface area contributed by atoms with E-state index in [0.717, 1.165) is 20.1 Å². The van der Waals surface area contributed by atoms with Crippen LogP contribution in [-0.4, -0.2) is 23.4 Å². The molecule has 4 aromatic rings. The topological polar surface area (TPSA) is 52.0 Å². The van der Waals surface area contributed by atoms with Crippen LogP contribution in [0.1, 0.15) is 25.3 Å². The van der Waals surface area contributed by atoms with Crippen molar-refractivity contribution in [2.75, 3.05) is 0 Å². The molecule has 1 aliphatic heterocycles. The molecule has 0 amide bonds. The van der Waals surface area contributed by atoms with Gasteiger partial charge in [0.2, 0.25) is 0 Å². The quantitative estimate of drug-likeness (QED) is 0.317. The molecule has 3 heterocycles. The Balaban J connectivity index is 2.09. The van der Waals surface area contributed by atoms with Gasteiger partial charge in [-0.05, 0) is 0 Å².